The summed E-state index contributed by atoms with van der Waals surface area (Å²) in [7, 11) is 0. The Morgan fingerprint density at radius 3 is 1.86 bits per heavy atom. The zero-order chi connectivity index (χ0) is 15.8. The molecule has 0 radical (unpaired) electrons. The third-order valence-corrected chi connectivity index (χ3v) is 3.55. The van der Waals surface area contributed by atoms with Gasteiger partial charge in [-0.3, -0.25) is 0 Å². The van der Waals surface area contributed by atoms with Crippen molar-refractivity contribution in [1.29, 1.82) is 0 Å². The Hall–Kier alpha value is -1.07. The van der Waals surface area contributed by atoms with E-state index < -0.39 is 0 Å². The molecule has 2 heterocycles. The molecule has 1 aliphatic rings. The minimum absolute atomic E-state index is 0.269. The van der Waals surface area contributed by atoms with Gasteiger partial charge in [0.15, 0.2) is 0 Å². The first kappa shape index (κ1) is 18.0. The van der Waals surface area contributed by atoms with Gasteiger partial charge in [-0.2, -0.15) is 0 Å². The lowest BCUT2D eigenvalue weighted by Gasteiger charge is -2.46. The maximum absolute atomic E-state index is 3.71. The lowest BCUT2D eigenvalue weighted by atomic mass is 9.79. The van der Waals surface area contributed by atoms with E-state index in [0.717, 1.165) is 0 Å². The Bertz CT molecular complexity index is 335. The van der Waals surface area contributed by atoms with Gasteiger partial charge in [-0.1, -0.05) is 13.3 Å². The number of nitrogens with one attached hydrogen (secondary N) is 2. The highest BCUT2D eigenvalue weighted by molar-refractivity contribution is 4.99. The summed E-state index contributed by atoms with van der Waals surface area (Å²) in [5.41, 5.74) is 0.539. The SMILES string of the molecule is CCCCNC1CC(C)(C)NC(C)(C)C1.c1ncncn1. The minimum atomic E-state index is 0.269. The largest absolute Gasteiger partial charge is 0.314 e. The van der Waals surface area contributed by atoms with Gasteiger partial charge in [0.05, 0.1) is 0 Å². The smallest absolute Gasteiger partial charge is 0.119 e. The molecule has 0 aliphatic carbocycles. The molecule has 1 fully saturated rings. The number of hydrogen-bond acceptors (Lipinski definition) is 5. The quantitative estimate of drug-likeness (QED) is 0.835. The van der Waals surface area contributed by atoms with Crippen LogP contribution < -0.4 is 10.6 Å². The average Bonchev–Trinajstić information content (AvgIpc) is 2.38. The fourth-order valence-corrected chi connectivity index (χ4v) is 3.15. The molecule has 0 unspecified atom stereocenters. The fourth-order valence-electron chi connectivity index (χ4n) is 3.15. The van der Waals surface area contributed by atoms with Gasteiger partial charge in [0.1, 0.15) is 19.0 Å². The van der Waals surface area contributed by atoms with Crippen molar-refractivity contribution in [3.05, 3.63) is 19.0 Å². The summed E-state index contributed by atoms with van der Waals surface area (Å²) in [6.07, 6.45) is 9.36. The summed E-state index contributed by atoms with van der Waals surface area (Å²) in [5, 5.41) is 7.41. The Kier molecular flexibility index (Phi) is 7.18. The van der Waals surface area contributed by atoms with Gasteiger partial charge >= 0.3 is 0 Å². The highest BCUT2D eigenvalue weighted by Gasteiger charge is 2.37. The number of rotatable bonds is 4. The first-order chi connectivity index (χ1) is 9.85. The molecule has 1 aliphatic heterocycles. The van der Waals surface area contributed by atoms with E-state index >= 15 is 0 Å². The average molecular weight is 293 g/mol. The second-order valence-corrected chi connectivity index (χ2v) is 7.10. The number of unbranched alkanes of at least 4 members (excludes halogenated alkanes) is 1. The topological polar surface area (TPSA) is 62.7 Å². The monoisotopic (exact) mass is 293 g/mol. The van der Waals surface area contributed by atoms with Crippen LogP contribution in [0.5, 0.6) is 0 Å². The second kappa shape index (κ2) is 8.39. The lowest BCUT2D eigenvalue weighted by molar-refractivity contribution is 0.146. The number of piperidine rings is 1. The molecular weight excluding hydrogens is 262 g/mol. The molecule has 2 N–H and O–H groups in total. The van der Waals surface area contributed by atoms with E-state index in [4.69, 9.17) is 0 Å². The Balaban J connectivity index is 0.000000304. The molecule has 0 atom stereocenters. The van der Waals surface area contributed by atoms with Crippen LogP contribution in [0.25, 0.3) is 0 Å². The molecule has 2 rings (SSSR count). The zero-order valence-corrected chi connectivity index (χ0v) is 14.2. The van der Waals surface area contributed by atoms with Crippen molar-refractivity contribution in [2.45, 2.75) is 77.4 Å². The van der Waals surface area contributed by atoms with Crippen LogP contribution in [0.2, 0.25) is 0 Å². The van der Waals surface area contributed by atoms with Gasteiger partial charge in [-0.05, 0) is 53.5 Å². The summed E-state index contributed by atoms with van der Waals surface area (Å²) in [4.78, 5) is 10.7. The predicted molar refractivity (Wildman–Crippen MR) is 87.1 cm³/mol. The van der Waals surface area contributed by atoms with Gasteiger partial charge in [-0.15, -0.1) is 0 Å². The van der Waals surface area contributed by atoms with Crippen molar-refractivity contribution >= 4 is 0 Å². The molecule has 0 aromatic carbocycles. The molecule has 21 heavy (non-hydrogen) atoms. The molecule has 5 heteroatoms. The fraction of sp³-hybridized carbons (Fsp3) is 0.812. The summed E-state index contributed by atoms with van der Waals surface area (Å²) in [5.74, 6) is 0. The minimum Gasteiger partial charge on any atom is -0.314 e. The second-order valence-electron chi connectivity index (χ2n) is 7.10. The Morgan fingerprint density at radius 1 is 1.00 bits per heavy atom. The van der Waals surface area contributed by atoms with Gasteiger partial charge in [0.25, 0.3) is 0 Å². The maximum Gasteiger partial charge on any atom is 0.119 e. The third kappa shape index (κ3) is 8.07. The molecule has 1 aromatic rings. The van der Waals surface area contributed by atoms with Crippen LogP contribution in [-0.4, -0.2) is 38.6 Å². The molecule has 0 saturated carbocycles. The highest BCUT2D eigenvalue weighted by Crippen LogP contribution is 2.28. The van der Waals surface area contributed by atoms with Gasteiger partial charge in [0, 0.05) is 17.1 Å². The van der Waals surface area contributed by atoms with Crippen molar-refractivity contribution in [2.75, 3.05) is 6.54 Å². The van der Waals surface area contributed by atoms with Gasteiger partial charge < -0.3 is 10.6 Å². The first-order valence-electron chi connectivity index (χ1n) is 7.92. The van der Waals surface area contributed by atoms with E-state index in [1.165, 1.54) is 51.2 Å². The van der Waals surface area contributed by atoms with Gasteiger partial charge in [-0.25, -0.2) is 15.0 Å². The maximum atomic E-state index is 3.71. The zero-order valence-electron chi connectivity index (χ0n) is 14.2. The van der Waals surface area contributed by atoms with E-state index in [0.29, 0.717) is 6.04 Å². The summed E-state index contributed by atoms with van der Waals surface area (Å²) in [6, 6.07) is 0.683. The molecule has 0 bridgehead atoms. The highest BCUT2D eigenvalue weighted by atomic mass is 15.1. The predicted octanol–water partition coefficient (Wildman–Crippen LogP) is 2.56. The number of nitrogens with zero attached hydrogens (tertiary/aromatic N) is 3. The Labute approximate surface area is 129 Å². The lowest BCUT2D eigenvalue weighted by Crippen LogP contribution is -2.61. The molecule has 1 saturated heterocycles. The van der Waals surface area contributed by atoms with Crippen molar-refractivity contribution in [1.82, 2.24) is 25.6 Å². The van der Waals surface area contributed by atoms with Crippen molar-refractivity contribution in [2.24, 2.45) is 0 Å². The van der Waals surface area contributed by atoms with Crippen LogP contribution in [-0.2, 0) is 0 Å². The summed E-state index contributed by atoms with van der Waals surface area (Å²) >= 11 is 0. The van der Waals surface area contributed by atoms with E-state index in [-0.39, 0.29) is 11.1 Å². The van der Waals surface area contributed by atoms with Crippen LogP contribution in [0.4, 0.5) is 0 Å². The molecule has 120 valence electrons. The number of hydrogen-bond donors (Lipinski definition) is 2. The molecular formula is C16H31N5. The van der Waals surface area contributed by atoms with Gasteiger partial charge in [0.2, 0.25) is 0 Å². The normalized spacial score (nSPS) is 20.4. The van der Waals surface area contributed by atoms with Crippen LogP contribution in [0.1, 0.15) is 60.3 Å². The van der Waals surface area contributed by atoms with Crippen LogP contribution in [0.3, 0.4) is 0 Å². The van der Waals surface area contributed by atoms with E-state index in [1.54, 1.807) is 0 Å². The summed E-state index contributed by atoms with van der Waals surface area (Å²) in [6.45, 7) is 12.7. The van der Waals surface area contributed by atoms with Crippen LogP contribution in [0, 0.1) is 0 Å². The van der Waals surface area contributed by atoms with Crippen molar-refractivity contribution in [3.8, 4) is 0 Å². The van der Waals surface area contributed by atoms with Crippen LogP contribution >= 0.6 is 0 Å². The van der Waals surface area contributed by atoms with Crippen LogP contribution in [0.15, 0.2) is 19.0 Å². The first-order valence-corrected chi connectivity index (χ1v) is 7.92. The Morgan fingerprint density at radius 2 is 1.48 bits per heavy atom. The molecule has 5 nitrogen and oxygen atoms in total. The van der Waals surface area contributed by atoms with E-state index in [9.17, 15) is 0 Å². The standard InChI is InChI=1S/C13H28N2.C3H3N3/c1-6-7-8-14-11-9-12(2,3)15-13(4,5)10-11;1-4-2-6-3-5-1/h11,14-15H,6-10H2,1-5H3;1-3H. The van der Waals surface area contributed by atoms with Crippen molar-refractivity contribution in [3.63, 3.8) is 0 Å². The molecule has 0 amide bonds. The number of aromatic nitrogens is 3. The third-order valence-electron chi connectivity index (χ3n) is 3.55. The molecule has 1 aromatic heterocycles. The molecule has 0 spiro atoms. The van der Waals surface area contributed by atoms with Crippen molar-refractivity contribution < 1.29 is 0 Å². The summed E-state index contributed by atoms with van der Waals surface area (Å²) < 4.78 is 0. The van der Waals surface area contributed by atoms with E-state index in [2.05, 4.69) is 60.2 Å². The van der Waals surface area contributed by atoms with E-state index in [1.807, 2.05) is 0 Å².